The Morgan fingerprint density at radius 2 is 2.17 bits per heavy atom. The van der Waals surface area contributed by atoms with E-state index in [4.69, 9.17) is 5.73 Å². The minimum atomic E-state index is -0.331. The molecule has 0 aromatic heterocycles. The zero-order valence-electron chi connectivity index (χ0n) is 11.0. The fourth-order valence-corrected chi connectivity index (χ4v) is 4.33. The van der Waals surface area contributed by atoms with Crippen molar-refractivity contribution < 1.29 is 4.39 Å². The summed E-state index contributed by atoms with van der Waals surface area (Å²) in [6.07, 6.45) is 6.18. The molecule has 0 saturated heterocycles. The third kappa shape index (κ3) is 1.78. The van der Waals surface area contributed by atoms with Gasteiger partial charge in [-0.2, -0.15) is 0 Å². The highest BCUT2D eigenvalue weighted by Gasteiger charge is 2.48. The minimum absolute atomic E-state index is 0.168. The molecule has 2 N–H and O–H groups in total. The molecule has 2 aliphatic rings. The summed E-state index contributed by atoms with van der Waals surface area (Å²) in [5.74, 6) is 2.02. The van der Waals surface area contributed by atoms with Crippen LogP contribution >= 0.6 is 0 Å². The average molecular weight is 247 g/mol. The molecule has 2 bridgehead atoms. The first-order chi connectivity index (χ1) is 8.63. The highest BCUT2D eigenvalue weighted by Crippen LogP contribution is 2.54. The lowest BCUT2D eigenvalue weighted by Crippen LogP contribution is -2.46. The number of nitrogens with two attached hydrogens (primary N) is 1. The van der Waals surface area contributed by atoms with Gasteiger partial charge in [-0.3, -0.25) is 0 Å². The lowest BCUT2D eigenvalue weighted by molar-refractivity contribution is 0.180. The van der Waals surface area contributed by atoms with E-state index < -0.39 is 0 Å². The van der Waals surface area contributed by atoms with Gasteiger partial charge in [0.25, 0.3) is 0 Å². The van der Waals surface area contributed by atoms with Crippen molar-refractivity contribution in [3.8, 4) is 0 Å². The number of hydrogen-bond acceptors (Lipinski definition) is 1. The van der Waals surface area contributed by atoms with E-state index in [9.17, 15) is 4.39 Å². The normalized spacial score (nSPS) is 33.6. The molecule has 2 aliphatic carbocycles. The van der Waals surface area contributed by atoms with Gasteiger partial charge >= 0.3 is 0 Å². The van der Waals surface area contributed by atoms with E-state index in [-0.39, 0.29) is 11.4 Å². The summed E-state index contributed by atoms with van der Waals surface area (Å²) >= 11 is 0. The minimum Gasteiger partial charge on any atom is -0.321 e. The van der Waals surface area contributed by atoms with Crippen LogP contribution in [0.4, 0.5) is 4.39 Å². The molecule has 2 fully saturated rings. The summed E-state index contributed by atoms with van der Waals surface area (Å²) in [6.45, 7) is 2.14. The van der Waals surface area contributed by atoms with Gasteiger partial charge in [0.2, 0.25) is 0 Å². The Balaban J connectivity index is 1.94. The molecule has 0 amide bonds. The Morgan fingerprint density at radius 1 is 1.33 bits per heavy atom. The van der Waals surface area contributed by atoms with Gasteiger partial charge in [0.1, 0.15) is 5.82 Å². The Morgan fingerprint density at radius 3 is 2.72 bits per heavy atom. The van der Waals surface area contributed by atoms with Crippen molar-refractivity contribution in [3.63, 3.8) is 0 Å². The molecule has 1 aromatic rings. The van der Waals surface area contributed by atoms with E-state index in [0.717, 1.165) is 23.8 Å². The first-order valence-corrected chi connectivity index (χ1v) is 7.18. The van der Waals surface area contributed by atoms with Crippen LogP contribution in [0, 0.1) is 23.6 Å². The first kappa shape index (κ1) is 12.2. The molecular weight excluding hydrogens is 225 g/mol. The van der Waals surface area contributed by atoms with Gasteiger partial charge in [-0.1, -0.05) is 25.5 Å². The van der Waals surface area contributed by atoms with Crippen molar-refractivity contribution in [1.29, 1.82) is 0 Å². The lowest BCUT2D eigenvalue weighted by atomic mass is 9.69. The van der Waals surface area contributed by atoms with Crippen molar-refractivity contribution in [2.45, 2.75) is 44.6 Å². The molecule has 2 saturated carbocycles. The zero-order valence-corrected chi connectivity index (χ0v) is 11.0. The fraction of sp³-hybridized carbons (Fsp3) is 0.625. The van der Waals surface area contributed by atoms with Gasteiger partial charge in [-0.25, -0.2) is 4.39 Å². The SMILES string of the molecule is CCC(N)(c1cccc(F)c1)C1CC2CCC1C2. The quantitative estimate of drug-likeness (QED) is 0.863. The molecule has 18 heavy (non-hydrogen) atoms. The third-order valence-electron chi connectivity index (χ3n) is 5.35. The number of hydrogen-bond donors (Lipinski definition) is 1. The van der Waals surface area contributed by atoms with Crippen LogP contribution in [0.2, 0.25) is 0 Å². The summed E-state index contributed by atoms with van der Waals surface area (Å²) in [6, 6.07) is 6.92. The van der Waals surface area contributed by atoms with Crippen LogP contribution in [0.25, 0.3) is 0 Å². The summed E-state index contributed by atoms with van der Waals surface area (Å²) < 4.78 is 13.5. The second kappa shape index (κ2) is 4.34. The van der Waals surface area contributed by atoms with Crippen molar-refractivity contribution >= 4 is 0 Å². The second-order valence-electron chi connectivity index (χ2n) is 6.19. The van der Waals surface area contributed by atoms with Gasteiger partial charge in [-0.15, -0.1) is 0 Å². The van der Waals surface area contributed by atoms with Gasteiger partial charge in [0.05, 0.1) is 0 Å². The third-order valence-corrected chi connectivity index (χ3v) is 5.35. The molecule has 2 heteroatoms. The molecule has 1 aromatic carbocycles. The van der Waals surface area contributed by atoms with Crippen LogP contribution in [0.15, 0.2) is 24.3 Å². The highest BCUT2D eigenvalue weighted by atomic mass is 19.1. The van der Waals surface area contributed by atoms with Gasteiger partial charge in [0.15, 0.2) is 0 Å². The predicted molar refractivity (Wildman–Crippen MR) is 71.5 cm³/mol. The maximum absolute atomic E-state index is 13.5. The molecule has 4 unspecified atom stereocenters. The number of fused-ring (bicyclic) bond motifs is 2. The smallest absolute Gasteiger partial charge is 0.123 e. The van der Waals surface area contributed by atoms with Crippen LogP contribution in [-0.2, 0) is 5.54 Å². The molecular formula is C16H22FN. The van der Waals surface area contributed by atoms with Gasteiger partial charge in [0, 0.05) is 5.54 Å². The van der Waals surface area contributed by atoms with Gasteiger partial charge in [-0.05, 0) is 61.1 Å². The van der Waals surface area contributed by atoms with E-state index in [1.807, 2.05) is 6.07 Å². The van der Waals surface area contributed by atoms with Crippen molar-refractivity contribution in [2.75, 3.05) is 0 Å². The van der Waals surface area contributed by atoms with Crippen molar-refractivity contribution in [3.05, 3.63) is 35.6 Å². The average Bonchev–Trinajstić information content (AvgIpc) is 3.00. The van der Waals surface area contributed by atoms with Crippen LogP contribution in [-0.4, -0.2) is 0 Å². The number of rotatable bonds is 3. The van der Waals surface area contributed by atoms with E-state index in [2.05, 4.69) is 6.92 Å². The maximum Gasteiger partial charge on any atom is 0.123 e. The summed E-state index contributed by atoms with van der Waals surface area (Å²) in [5.41, 5.74) is 7.37. The molecule has 0 heterocycles. The molecule has 4 atom stereocenters. The van der Waals surface area contributed by atoms with Crippen molar-refractivity contribution in [1.82, 2.24) is 0 Å². The van der Waals surface area contributed by atoms with Crippen molar-refractivity contribution in [2.24, 2.45) is 23.5 Å². The molecule has 98 valence electrons. The van der Waals surface area contributed by atoms with E-state index in [1.54, 1.807) is 12.1 Å². The van der Waals surface area contributed by atoms with E-state index >= 15 is 0 Å². The standard InChI is InChI=1S/C16H22FN/c1-2-16(18,13-4-3-5-14(17)10-13)15-9-11-6-7-12(15)8-11/h3-5,10-12,15H,2,6-9,18H2,1H3. The fourth-order valence-electron chi connectivity index (χ4n) is 4.33. The molecule has 0 radical (unpaired) electrons. The Labute approximate surface area is 109 Å². The maximum atomic E-state index is 13.5. The largest absolute Gasteiger partial charge is 0.321 e. The topological polar surface area (TPSA) is 26.0 Å². The van der Waals surface area contributed by atoms with E-state index in [1.165, 1.54) is 31.7 Å². The van der Waals surface area contributed by atoms with Gasteiger partial charge < -0.3 is 5.73 Å². The molecule has 1 nitrogen and oxygen atoms in total. The number of benzene rings is 1. The predicted octanol–water partition coefficient (Wildman–Crippen LogP) is 3.83. The second-order valence-corrected chi connectivity index (χ2v) is 6.19. The van der Waals surface area contributed by atoms with Crippen LogP contribution < -0.4 is 5.73 Å². The van der Waals surface area contributed by atoms with E-state index in [0.29, 0.717) is 5.92 Å². The lowest BCUT2D eigenvalue weighted by Gasteiger charge is -2.40. The first-order valence-electron chi connectivity index (χ1n) is 7.18. The Bertz CT molecular complexity index is 444. The Hall–Kier alpha value is -0.890. The van der Waals surface area contributed by atoms with Crippen LogP contribution in [0.5, 0.6) is 0 Å². The molecule has 0 spiro atoms. The summed E-state index contributed by atoms with van der Waals surface area (Å²) in [4.78, 5) is 0. The molecule has 0 aliphatic heterocycles. The summed E-state index contributed by atoms with van der Waals surface area (Å²) in [7, 11) is 0. The zero-order chi connectivity index (χ0) is 12.8. The van der Waals surface area contributed by atoms with Crippen LogP contribution in [0.1, 0.15) is 44.6 Å². The monoisotopic (exact) mass is 247 g/mol. The molecule has 3 rings (SSSR count). The highest BCUT2D eigenvalue weighted by molar-refractivity contribution is 5.27. The number of halogens is 1. The summed E-state index contributed by atoms with van der Waals surface area (Å²) in [5, 5.41) is 0. The van der Waals surface area contributed by atoms with Crippen LogP contribution in [0.3, 0.4) is 0 Å². The Kier molecular flexibility index (Phi) is 2.93.